The Kier molecular flexibility index (Phi) is 4.03. The molecule has 3 rings (SSSR count). The highest BCUT2D eigenvalue weighted by atomic mass is 32.2. The topological polar surface area (TPSA) is 47.6 Å². The van der Waals surface area contributed by atoms with Crippen molar-refractivity contribution in [2.45, 2.75) is 25.4 Å². The molecule has 1 fully saturated rings. The first-order valence-corrected chi connectivity index (χ1v) is 8.27. The molecule has 2 aliphatic heterocycles. The second-order valence-electron chi connectivity index (χ2n) is 4.98. The molecule has 19 heavy (non-hydrogen) atoms. The molecule has 2 heterocycles. The minimum absolute atomic E-state index is 0.492. The molecule has 1 aromatic rings. The first-order chi connectivity index (χ1) is 9.31. The molecule has 2 aliphatic rings. The van der Waals surface area contributed by atoms with Crippen LogP contribution in [0.5, 0.6) is 11.5 Å². The normalized spacial score (nSPS) is 26.1. The van der Waals surface area contributed by atoms with Crippen molar-refractivity contribution in [1.29, 1.82) is 0 Å². The lowest BCUT2D eigenvalue weighted by atomic mass is 10.1. The van der Waals surface area contributed by atoms with Gasteiger partial charge in [0.1, 0.15) is 13.2 Å². The fourth-order valence-electron chi connectivity index (χ4n) is 2.46. The number of ether oxygens (including phenoxy) is 2. The Hall–Kier alpha value is -1.07. The number of hydrogen-bond donors (Lipinski definition) is 1. The molecule has 0 atom stereocenters. The predicted octanol–water partition coefficient (Wildman–Crippen LogP) is 1.46. The lowest BCUT2D eigenvalue weighted by Gasteiger charge is -2.23. The largest absolute Gasteiger partial charge is 0.486 e. The molecule has 104 valence electrons. The zero-order valence-corrected chi connectivity index (χ0v) is 11.7. The molecular formula is C14H19NO3S. The highest BCUT2D eigenvalue weighted by Crippen LogP contribution is 2.30. The fourth-order valence-corrected chi connectivity index (χ4v) is 3.76. The van der Waals surface area contributed by atoms with Crippen LogP contribution >= 0.6 is 0 Å². The van der Waals surface area contributed by atoms with Gasteiger partial charge in [0, 0.05) is 34.9 Å². The third kappa shape index (κ3) is 3.28. The SMILES string of the molecule is O=S1CCC(NCc2ccc3c(c2)OCCO3)CC1. The first-order valence-electron chi connectivity index (χ1n) is 6.78. The van der Waals surface area contributed by atoms with Crippen LogP contribution in [-0.2, 0) is 17.3 Å². The number of nitrogens with one attached hydrogen (secondary N) is 1. The zero-order chi connectivity index (χ0) is 13.1. The van der Waals surface area contributed by atoms with Gasteiger partial charge in [-0.25, -0.2) is 0 Å². The van der Waals surface area contributed by atoms with Crippen molar-refractivity contribution in [2.75, 3.05) is 24.7 Å². The Morgan fingerprint density at radius 1 is 1.16 bits per heavy atom. The minimum atomic E-state index is -0.587. The van der Waals surface area contributed by atoms with Crippen LogP contribution in [0.2, 0.25) is 0 Å². The van der Waals surface area contributed by atoms with Gasteiger partial charge in [-0.2, -0.15) is 0 Å². The lowest BCUT2D eigenvalue weighted by Crippen LogP contribution is -2.35. The van der Waals surface area contributed by atoms with Crippen LogP contribution in [0.4, 0.5) is 0 Å². The van der Waals surface area contributed by atoms with E-state index in [1.165, 1.54) is 5.56 Å². The first kappa shape index (κ1) is 12.9. The Morgan fingerprint density at radius 3 is 2.68 bits per heavy atom. The van der Waals surface area contributed by atoms with E-state index in [1.54, 1.807) is 0 Å². The van der Waals surface area contributed by atoms with E-state index >= 15 is 0 Å². The van der Waals surface area contributed by atoms with Crippen molar-refractivity contribution in [1.82, 2.24) is 5.32 Å². The summed E-state index contributed by atoms with van der Waals surface area (Å²) < 4.78 is 22.4. The zero-order valence-electron chi connectivity index (χ0n) is 10.9. The van der Waals surface area contributed by atoms with Gasteiger partial charge in [-0.15, -0.1) is 0 Å². The van der Waals surface area contributed by atoms with Gasteiger partial charge in [0.2, 0.25) is 0 Å². The maximum atomic E-state index is 11.3. The van der Waals surface area contributed by atoms with E-state index in [1.807, 2.05) is 12.1 Å². The van der Waals surface area contributed by atoms with Gasteiger partial charge in [0.25, 0.3) is 0 Å². The second kappa shape index (κ2) is 5.92. The lowest BCUT2D eigenvalue weighted by molar-refractivity contribution is 0.171. The fraction of sp³-hybridized carbons (Fsp3) is 0.571. The molecule has 1 N–H and O–H groups in total. The van der Waals surface area contributed by atoms with Crippen molar-refractivity contribution >= 4 is 10.8 Å². The molecule has 0 unspecified atom stereocenters. The summed E-state index contributed by atoms with van der Waals surface area (Å²) in [7, 11) is -0.587. The molecule has 4 nitrogen and oxygen atoms in total. The molecule has 0 aliphatic carbocycles. The summed E-state index contributed by atoms with van der Waals surface area (Å²) in [4.78, 5) is 0. The minimum Gasteiger partial charge on any atom is -0.486 e. The van der Waals surface area contributed by atoms with Gasteiger partial charge in [-0.05, 0) is 30.5 Å². The van der Waals surface area contributed by atoms with Crippen LogP contribution in [0.15, 0.2) is 18.2 Å². The van der Waals surface area contributed by atoms with Crippen LogP contribution in [0.1, 0.15) is 18.4 Å². The molecule has 1 aromatic carbocycles. The van der Waals surface area contributed by atoms with Crippen molar-refractivity contribution in [2.24, 2.45) is 0 Å². The summed E-state index contributed by atoms with van der Waals surface area (Å²) >= 11 is 0. The van der Waals surface area contributed by atoms with E-state index in [4.69, 9.17) is 9.47 Å². The molecule has 0 amide bonds. The van der Waals surface area contributed by atoms with Gasteiger partial charge < -0.3 is 14.8 Å². The summed E-state index contributed by atoms with van der Waals surface area (Å²) in [6, 6.07) is 6.58. The van der Waals surface area contributed by atoms with Gasteiger partial charge in [-0.1, -0.05) is 6.07 Å². The van der Waals surface area contributed by atoms with E-state index in [2.05, 4.69) is 11.4 Å². The van der Waals surface area contributed by atoms with Crippen molar-refractivity contribution < 1.29 is 13.7 Å². The molecule has 0 aromatic heterocycles. The van der Waals surface area contributed by atoms with Crippen LogP contribution in [-0.4, -0.2) is 35.0 Å². The number of benzene rings is 1. The molecular weight excluding hydrogens is 262 g/mol. The summed E-state index contributed by atoms with van der Waals surface area (Å²) in [6.07, 6.45) is 2.02. The van der Waals surface area contributed by atoms with Crippen LogP contribution in [0.25, 0.3) is 0 Å². The Morgan fingerprint density at radius 2 is 1.89 bits per heavy atom. The quantitative estimate of drug-likeness (QED) is 0.911. The monoisotopic (exact) mass is 281 g/mol. The van der Waals surface area contributed by atoms with E-state index in [0.717, 1.165) is 42.4 Å². The predicted molar refractivity (Wildman–Crippen MR) is 75.2 cm³/mol. The van der Waals surface area contributed by atoms with Crippen molar-refractivity contribution in [3.63, 3.8) is 0 Å². The van der Waals surface area contributed by atoms with Gasteiger partial charge >= 0.3 is 0 Å². The summed E-state index contributed by atoms with van der Waals surface area (Å²) in [5.41, 5.74) is 1.20. The number of fused-ring (bicyclic) bond motifs is 1. The highest BCUT2D eigenvalue weighted by molar-refractivity contribution is 7.85. The smallest absolute Gasteiger partial charge is 0.161 e. The number of rotatable bonds is 3. The van der Waals surface area contributed by atoms with Crippen LogP contribution in [0.3, 0.4) is 0 Å². The van der Waals surface area contributed by atoms with E-state index in [0.29, 0.717) is 19.3 Å². The summed E-state index contributed by atoms with van der Waals surface area (Å²) in [5.74, 6) is 3.34. The maximum absolute atomic E-state index is 11.3. The van der Waals surface area contributed by atoms with Gasteiger partial charge in [0.05, 0.1) is 0 Å². The number of hydrogen-bond acceptors (Lipinski definition) is 4. The molecule has 0 radical (unpaired) electrons. The van der Waals surface area contributed by atoms with E-state index < -0.39 is 10.8 Å². The second-order valence-corrected chi connectivity index (χ2v) is 6.68. The molecule has 5 heteroatoms. The average Bonchev–Trinajstić information content (AvgIpc) is 2.46. The van der Waals surface area contributed by atoms with E-state index in [-0.39, 0.29) is 0 Å². The highest BCUT2D eigenvalue weighted by Gasteiger charge is 2.17. The molecule has 0 spiro atoms. The third-order valence-corrected chi connectivity index (χ3v) is 4.97. The van der Waals surface area contributed by atoms with E-state index in [9.17, 15) is 4.21 Å². The average molecular weight is 281 g/mol. The summed E-state index contributed by atoms with van der Waals surface area (Å²) in [6.45, 7) is 2.08. The Balaban J connectivity index is 1.56. The van der Waals surface area contributed by atoms with Crippen molar-refractivity contribution in [3.05, 3.63) is 23.8 Å². The molecule has 0 bridgehead atoms. The molecule has 0 saturated carbocycles. The molecule has 1 saturated heterocycles. The third-order valence-electron chi connectivity index (χ3n) is 3.59. The van der Waals surface area contributed by atoms with Gasteiger partial charge in [-0.3, -0.25) is 4.21 Å². The Bertz CT molecular complexity index is 468. The Labute approximate surface area is 115 Å². The van der Waals surface area contributed by atoms with Gasteiger partial charge in [0.15, 0.2) is 11.5 Å². The maximum Gasteiger partial charge on any atom is 0.161 e. The summed E-state index contributed by atoms with van der Waals surface area (Å²) in [5, 5.41) is 3.53. The standard InChI is InChI=1S/C14H19NO3S/c16-19-7-3-12(4-8-19)15-10-11-1-2-13-14(9-11)18-6-5-17-13/h1-2,9,12,15H,3-8,10H2. The van der Waals surface area contributed by atoms with Crippen LogP contribution in [0, 0.1) is 0 Å². The van der Waals surface area contributed by atoms with Crippen LogP contribution < -0.4 is 14.8 Å². The van der Waals surface area contributed by atoms with Crippen molar-refractivity contribution in [3.8, 4) is 11.5 Å².